The monoisotopic (exact) mass is 362 g/mol. The number of ether oxygens (including phenoxy) is 1. The lowest BCUT2D eigenvalue weighted by molar-refractivity contribution is -0.134. The molecule has 0 fully saturated rings. The number of carbonyl (C=O) groups excluding carboxylic acids is 2. The number of H-pyrrole nitrogens is 1. The summed E-state index contributed by atoms with van der Waals surface area (Å²) in [5.74, 6) is -4.53. The first-order valence-electron chi connectivity index (χ1n) is 6.75. The first-order valence-corrected chi connectivity index (χ1v) is 6.75. The van der Waals surface area contributed by atoms with E-state index in [4.69, 9.17) is 10.2 Å². The molecule has 0 saturated heterocycles. The number of amides is 2. The van der Waals surface area contributed by atoms with Gasteiger partial charge in [0.25, 0.3) is 17.4 Å². The fourth-order valence-electron chi connectivity index (χ4n) is 2.00. The molecule has 11 nitrogen and oxygen atoms in total. The average Bonchev–Trinajstić information content (AvgIpc) is 2.50. The molecule has 0 bridgehead atoms. The Labute approximate surface area is 143 Å². The van der Waals surface area contributed by atoms with Gasteiger partial charge in [-0.05, 0) is 12.2 Å². The largest absolute Gasteiger partial charge is 0.511 e. The molecule has 1 aliphatic rings. The lowest BCUT2D eigenvalue weighted by Crippen LogP contribution is -2.36. The smallest absolute Gasteiger partial charge is 0.494 e. The van der Waals surface area contributed by atoms with Gasteiger partial charge in [0.1, 0.15) is 0 Å². The molecule has 5 N–H and O–H groups in total. The Balaban J connectivity index is 2.45. The molecular weight excluding hydrogens is 352 g/mol. The number of aromatic hydroxyl groups is 1. The summed E-state index contributed by atoms with van der Waals surface area (Å²) in [4.78, 5) is 58.0. The van der Waals surface area contributed by atoms with Gasteiger partial charge in [0.2, 0.25) is 5.88 Å². The van der Waals surface area contributed by atoms with Gasteiger partial charge in [0.15, 0.2) is 5.75 Å². The number of rotatable bonds is 4. The molecule has 11 heteroatoms. The van der Waals surface area contributed by atoms with E-state index < -0.39 is 46.7 Å². The number of hydrogen-bond donors (Lipinski definition) is 5. The van der Waals surface area contributed by atoms with Crippen LogP contribution in [0.25, 0.3) is 6.08 Å². The topological polar surface area (TPSA) is 183 Å². The van der Waals surface area contributed by atoms with Gasteiger partial charge in [-0.15, -0.1) is 0 Å². The van der Waals surface area contributed by atoms with Gasteiger partial charge >= 0.3 is 12.1 Å². The number of nitrogens with one attached hydrogen (secondary N) is 2. The zero-order chi connectivity index (χ0) is 19.4. The Morgan fingerprint density at radius 1 is 1.15 bits per heavy atom. The van der Waals surface area contributed by atoms with Crippen LogP contribution in [0.3, 0.4) is 0 Å². The van der Waals surface area contributed by atoms with Crippen molar-refractivity contribution in [2.45, 2.75) is 0 Å². The van der Waals surface area contributed by atoms with Crippen molar-refractivity contribution < 1.29 is 39.2 Å². The number of carboxylic acids is 1. The number of aliphatic carboxylic acids is 1. The maximum Gasteiger partial charge on any atom is 0.511 e. The molecule has 134 valence electrons. The van der Waals surface area contributed by atoms with Crippen LogP contribution in [0.15, 0.2) is 40.2 Å². The van der Waals surface area contributed by atoms with Crippen molar-refractivity contribution >= 4 is 30.0 Å². The first-order chi connectivity index (χ1) is 12.2. The number of pyridine rings is 1. The molecule has 0 radical (unpaired) electrons. The van der Waals surface area contributed by atoms with Crippen molar-refractivity contribution in [2.24, 2.45) is 0 Å². The Hall–Kier alpha value is -4.15. The molecule has 2 heterocycles. The molecule has 1 aliphatic heterocycles. The lowest BCUT2D eigenvalue weighted by atomic mass is 10.0. The van der Waals surface area contributed by atoms with Crippen LogP contribution >= 0.6 is 0 Å². The van der Waals surface area contributed by atoms with Crippen LogP contribution in [-0.4, -0.2) is 44.2 Å². The van der Waals surface area contributed by atoms with Gasteiger partial charge in [-0.25, -0.2) is 9.59 Å². The third kappa shape index (κ3) is 4.03. The van der Waals surface area contributed by atoms with Crippen molar-refractivity contribution in [1.82, 2.24) is 10.3 Å². The van der Waals surface area contributed by atoms with Gasteiger partial charge in [-0.2, -0.15) is 0 Å². The highest BCUT2D eigenvalue weighted by Gasteiger charge is 2.26. The molecule has 0 aliphatic carbocycles. The second kappa shape index (κ2) is 7.17. The molecule has 0 saturated carbocycles. The summed E-state index contributed by atoms with van der Waals surface area (Å²) < 4.78 is 4.38. The summed E-state index contributed by atoms with van der Waals surface area (Å²) >= 11 is 0. The van der Waals surface area contributed by atoms with E-state index in [2.05, 4.69) is 4.74 Å². The van der Waals surface area contributed by atoms with Gasteiger partial charge < -0.3 is 20.1 Å². The SMILES string of the molecule is O=C1C=C(C(=O)O)C(=CC=Cc2c(OC(=O)O)cc(=O)[nH]c2O)C(=O)N1. The van der Waals surface area contributed by atoms with E-state index >= 15 is 0 Å². The number of imide groups is 1. The minimum atomic E-state index is -1.73. The van der Waals surface area contributed by atoms with Crippen LogP contribution in [0.5, 0.6) is 11.6 Å². The van der Waals surface area contributed by atoms with Crippen LogP contribution in [0.4, 0.5) is 4.79 Å². The predicted octanol–water partition coefficient (Wildman–Crippen LogP) is -0.256. The molecule has 0 spiro atoms. The standard InChI is InChI=1S/C15H10N2O9/c18-10-4-8(14(22)23)6(12(20)16-10)2-1-3-7-9(26-15(24)25)5-11(19)17-13(7)21/h1-5H,(H,22,23)(H,24,25)(H,16,18,20)(H2,17,19,21). The van der Waals surface area contributed by atoms with Crippen LogP contribution in [-0.2, 0) is 14.4 Å². The minimum Gasteiger partial charge on any atom is -0.494 e. The van der Waals surface area contributed by atoms with E-state index in [-0.39, 0.29) is 11.1 Å². The van der Waals surface area contributed by atoms with Crippen molar-refractivity contribution in [1.29, 1.82) is 0 Å². The van der Waals surface area contributed by atoms with Crippen molar-refractivity contribution in [3.8, 4) is 11.6 Å². The summed E-state index contributed by atoms with van der Waals surface area (Å²) in [6, 6.07) is 0.773. The molecule has 26 heavy (non-hydrogen) atoms. The number of hydrogen-bond acceptors (Lipinski definition) is 7. The van der Waals surface area contributed by atoms with E-state index in [1.54, 1.807) is 0 Å². The van der Waals surface area contributed by atoms with E-state index in [1.165, 1.54) is 0 Å². The molecule has 0 atom stereocenters. The van der Waals surface area contributed by atoms with Gasteiger partial charge in [-0.3, -0.25) is 24.7 Å². The highest BCUT2D eigenvalue weighted by Crippen LogP contribution is 2.25. The highest BCUT2D eigenvalue weighted by molar-refractivity contribution is 6.21. The third-order valence-electron chi connectivity index (χ3n) is 3.02. The molecule has 0 unspecified atom stereocenters. The van der Waals surface area contributed by atoms with Crippen LogP contribution < -0.4 is 15.6 Å². The summed E-state index contributed by atoms with van der Waals surface area (Å²) in [6.45, 7) is 0. The fourth-order valence-corrected chi connectivity index (χ4v) is 2.00. The van der Waals surface area contributed by atoms with Crippen molar-refractivity contribution in [3.63, 3.8) is 0 Å². The summed E-state index contributed by atoms with van der Waals surface area (Å²) in [6.07, 6.45) is 2.18. The number of allylic oxidation sites excluding steroid dienone is 2. The van der Waals surface area contributed by atoms with Gasteiger partial charge in [-0.1, -0.05) is 6.08 Å². The molecule has 0 aromatic carbocycles. The average molecular weight is 362 g/mol. The quantitative estimate of drug-likeness (QED) is 0.274. The van der Waals surface area contributed by atoms with E-state index in [1.807, 2.05) is 10.3 Å². The number of carboxylic acid groups (broad SMARTS) is 2. The maximum absolute atomic E-state index is 11.7. The normalized spacial score (nSPS) is 15.7. The molecule has 1 aromatic heterocycles. The highest BCUT2D eigenvalue weighted by atomic mass is 16.7. The molecule has 2 rings (SSSR count). The van der Waals surface area contributed by atoms with Crippen molar-refractivity contribution in [2.75, 3.05) is 0 Å². The van der Waals surface area contributed by atoms with Crippen LogP contribution in [0.1, 0.15) is 5.56 Å². The van der Waals surface area contributed by atoms with Crippen LogP contribution in [0.2, 0.25) is 0 Å². The second-order valence-electron chi connectivity index (χ2n) is 4.75. The lowest BCUT2D eigenvalue weighted by Gasteiger charge is -2.12. The Morgan fingerprint density at radius 3 is 2.46 bits per heavy atom. The zero-order valence-electron chi connectivity index (χ0n) is 12.7. The van der Waals surface area contributed by atoms with E-state index in [0.717, 1.165) is 30.4 Å². The van der Waals surface area contributed by atoms with E-state index in [9.17, 15) is 29.1 Å². The third-order valence-corrected chi connectivity index (χ3v) is 3.02. The van der Waals surface area contributed by atoms with Gasteiger partial charge in [0.05, 0.1) is 16.7 Å². The summed E-state index contributed by atoms with van der Waals surface area (Å²) in [7, 11) is 0. The Morgan fingerprint density at radius 2 is 1.85 bits per heavy atom. The number of carbonyl (C=O) groups is 4. The van der Waals surface area contributed by atoms with E-state index in [0.29, 0.717) is 0 Å². The molecule has 1 aromatic rings. The fraction of sp³-hybridized carbons (Fsp3) is 0. The summed E-state index contributed by atoms with van der Waals surface area (Å²) in [5.41, 5.74) is -1.96. The minimum absolute atomic E-state index is 0.239. The van der Waals surface area contributed by atoms with Crippen LogP contribution in [0, 0.1) is 0 Å². The molecular formula is C15H10N2O9. The predicted molar refractivity (Wildman–Crippen MR) is 83.4 cm³/mol. The second-order valence-corrected chi connectivity index (χ2v) is 4.75. The van der Waals surface area contributed by atoms with Crippen molar-refractivity contribution in [3.05, 3.63) is 51.4 Å². The number of aromatic amines is 1. The Kier molecular flexibility index (Phi) is 5.02. The summed E-state index contributed by atoms with van der Waals surface area (Å²) in [5, 5.41) is 29.3. The zero-order valence-corrected chi connectivity index (χ0v) is 12.7. The maximum atomic E-state index is 11.7. The molecule has 2 amide bonds. The first kappa shape index (κ1) is 18.2. The Bertz CT molecular complexity index is 966. The number of aromatic nitrogens is 1. The van der Waals surface area contributed by atoms with Gasteiger partial charge in [0, 0.05) is 12.1 Å².